The molecular formula is C50H32. The molecule has 0 amide bonds. The van der Waals surface area contributed by atoms with Gasteiger partial charge in [-0.3, -0.25) is 0 Å². The molecule has 0 aliphatic heterocycles. The molecular weight excluding hydrogens is 601 g/mol. The van der Waals surface area contributed by atoms with Crippen molar-refractivity contribution in [2.75, 3.05) is 0 Å². The second-order valence-electron chi connectivity index (χ2n) is 13.3. The highest BCUT2D eigenvalue weighted by Crippen LogP contribution is 2.44. The van der Waals surface area contributed by atoms with Gasteiger partial charge in [-0.05, 0) is 117 Å². The Balaban J connectivity index is 1.06. The van der Waals surface area contributed by atoms with Crippen LogP contribution in [0.2, 0.25) is 0 Å². The first-order chi connectivity index (χ1) is 24.8. The van der Waals surface area contributed by atoms with Gasteiger partial charge in [0.05, 0.1) is 0 Å². The fraction of sp³-hybridized carbons (Fsp3) is 0. The van der Waals surface area contributed by atoms with Crippen LogP contribution in [0.25, 0.3) is 98.4 Å². The lowest BCUT2D eigenvalue weighted by atomic mass is 9.85. The van der Waals surface area contributed by atoms with Gasteiger partial charge in [0.25, 0.3) is 0 Å². The lowest BCUT2D eigenvalue weighted by molar-refractivity contribution is 1.62. The number of hydrogen-bond acceptors (Lipinski definition) is 0. The molecule has 0 fully saturated rings. The minimum Gasteiger partial charge on any atom is -0.0616 e. The van der Waals surface area contributed by atoms with Gasteiger partial charge in [-0.25, -0.2) is 0 Å². The molecule has 10 aromatic carbocycles. The summed E-state index contributed by atoms with van der Waals surface area (Å²) in [6.45, 7) is 0. The van der Waals surface area contributed by atoms with Crippen molar-refractivity contribution in [2.24, 2.45) is 0 Å². The van der Waals surface area contributed by atoms with Crippen molar-refractivity contribution in [3.63, 3.8) is 0 Å². The number of rotatable bonds is 4. The number of benzene rings is 10. The molecule has 0 saturated carbocycles. The molecule has 0 heteroatoms. The van der Waals surface area contributed by atoms with Crippen LogP contribution in [-0.2, 0) is 0 Å². The van der Waals surface area contributed by atoms with Crippen molar-refractivity contribution in [1.29, 1.82) is 0 Å². The van der Waals surface area contributed by atoms with Crippen molar-refractivity contribution >= 4 is 53.9 Å². The fourth-order valence-corrected chi connectivity index (χ4v) is 7.99. The zero-order valence-corrected chi connectivity index (χ0v) is 27.5. The SMILES string of the molecule is c1ccc2cc(-c3c4ccccc4c(-c4ccc(-c5ccc6cc(-c7cccc8ccccc78)ccc6c5)cc4)c4ccccc34)ccc2c1. The Morgan fingerprint density at radius 3 is 1.28 bits per heavy atom. The molecule has 0 aliphatic carbocycles. The minimum absolute atomic E-state index is 1.22. The van der Waals surface area contributed by atoms with Crippen LogP contribution in [0.4, 0.5) is 0 Å². The van der Waals surface area contributed by atoms with Crippen molar-refractivity contribution in [3.8, 4) is 44.5 Å². The summed E-state index contributed by atoms with van der Waals surface area (Å²) in [6, 6.07) is 71.3. The second-order valence-corrected chi connectivity index (χ2v) is 13.3. The molecule has 0 unspecified atom stereocenters. The third kappa shape index (κ3) is 4.69. The largest absolute Gasteiger partial charge is 0.0616 e. The molecule has 0 spiro atoms. The predicted octanol–water partition coefficient (Wildman–Crippen LogP) is 14.1. The fourth-order valence-electron chi connectivity index (χ4n) is 7.99. The maximum Gasteiger partial charge on any atom is -0.00262 e. The first-order valence-electron chi connectivity index (χ1n) is 17.3. The standard InChI is InChI=1S/C50H32/c1-2-12-37-32-42(29-22-33(37)10-1)50-47-17-7-5-15-45(47)49(46-16-6-8-18-48(46)50)36-23-20-34(21-24-36)38-25-26-40-31-41(28-27-39(40)30-38)44-19-9-13-35-11-3-4-14-43(35)44/h1-32H. The van der Waals surface area contributed by atoms with Crippen molar-refractivity contribution < 1.29 is 0 Å². The highest BCUT2D eigenvalue weighted by molar-refractivity contribution is 6.21. The molecule has 0 heterocycles. The molecule has 50 heavy (non-hydrogen) atoms. The van der Waals surface area contributed by atoms with E-state index in [1.165, 1.54) is 98.4 Å². The summed E-state index contributed by atoms with van der Waals surface area (Å²) in [5.74, 6) is 0. The zero-order chi connectivity index (χ0) is 33.0. The van der Waals surface area contributed by atoms with Crippen LogP contribution in [0.5, 0.6) is 0 Å². The lowest BCUT2D eigenvalue weighted by Crippen LogP contribution is -1.91. The van der Waals surface area contributed by atoms with E-state index in [0.29, 0.717) is 0 Å². The maximum atomic E-state index is 2.34. The van der Waals surface area contributed by atoms with Crippen LogP contribution in [0, 0.1) is 0 Å². The summed E-state index contributed by atoms with van der Waals surface area (Å²) >= 11 is 0. The molecule has 0 aliphatic rings. The predicted molar refractivity (Wildman–Crippen MR) is 216 cm³/mol. The lowest BCUT2D eigenvalue weighted by Gasteiger charge is -2.18. The van der Waals surface area contributed by atoms with E-state index in [9.17, 15) is 0 Å². The molecule has 10 rings (SSSR count). The van der Waals surface area contributed by atoms with Crippen LogP contribution >= 0.6 is 0 Å². The van der Waals surface area contributed by atoms with Gasteiger partial charge in [0.15, 0.2) is 0 Å². The van der Waals surface area contributed by atoms with Gasteiger partial charge in [0.1, 0.15) is 0 Å². The van der Waals surface area contributed by atoms with Gasteiger partial charge < -0.3 is 0 Å². The normalized spacial score (nSPS) is 11.6. The molecule has 0 atom stereocenters. The smallest absolute Gasteiger partial charge is 0.00262 e. The second kappa shape index (κ2) is 11.6. The number of fused-ring (bicyclic) bond motifs is 5. The molecule has 10 aromatic rings. The van der Waals surface area contributed by atoms with Gasteiger partial charge in [-0.15, -0.1) is 0 Å². The Bertz CT molecular complexity index is 2850. The quantitative estimate of drug-likeness (QED) is 0.169. The van der Waals surface area contributed by atoms with Gasteiger partial charge in [0, 0.05) is 0 Å². The third-order valence-electron chi connectivity index (χ3n) is 10.4. The summed E-state index contributed by atoms with van der Waals surface area (Å²) in [6.07, 6.45) is 0. The van der Waals surface area contributed by atoms with Crippen molar-refractivity contribution in [2.45, 2.75) is 0 Å². The topological polar surface area (TPSA) is 0 Å². The van der Waals surface area contributed by atoms with E-state index in [-0.39, 0.29) is 0 Å². The molecule has 0 saturated heterocycles. The Morgan fingerprint density at radius 2 is 0.600 bits per heavy atom. The molecule has 0 radical (unpaired) electrons. The Morgan fingerprint density at radius 1 is 0.200 bits per heavy atom. The minimum atomic E-state index is 1.22. The van der Waals surface area contributed by atoms with Crippen LogP contribution in [0.3, 0.4) is 0 Å². The highest BCUT2D eigenvalue weighted by atomic mass is 14.2. The monoisotopic (exact) mass is 632 g/mol. The summed E-state index contributed by atoms with van der Waals surface area (Å²) in [5.41, 5.74) is 10.0. The molecule has 232 valence electrons. The van der Waals surface area contributed by atoms with Crippen LogP contribution in [0.1, 0.15) is 0 Å². The van der Waals surface area contributed by atoms with E-state index >= 15 is 0 Å². The van der Waals surface area contributed by atoms with E-state index in [2.05, 4.69) is 194 Å². The zero-order valence-electron chi connectivity index (χ0n) is 27.5. The molecule has 0 bridgehead atoms. The van der Waals surface area contributed by atoms with Gasteiger partial charge in [0.2, 0.25) is 0 Å². The van der Waals surface area contributed by atoms with Gasteiger partial charge in [-0.1, -0.05) is 176 Å². The summed E-state index contributed by atoms with van der Waals surface area (Å²) < 4.78 is 0. The summed E-state index contributed by atoms with van der Waals surface area (Å²) in [7, 11) is 0. The average Bonchev–Trinajstić information content (AvgIpc) is 3.19. The summed E-state index contributed by atoms with van der Waals surface area (Å²) in [5, 5.41) is 12.7. The van der Waals surface area contributed by atoms with Crippen molar-refractivity contribution in [1.82, 2.24) is 0 Å². The third-order valence-corrected chi connectivity index (χ3v) is 10.4. The molecule has 0 N–H and O–H groups in total. The Hall–Kier alpha value is -6.50. The highest BCUT2D eigenvalue weighted by Gasteiger charge is 2.17. The van der Waals surface area contributed by atoms with E-state index < -0.39 is 0 Å². The molecule has 0 nitrogen and oxygen atoms in total. The van der Waals surface area contributed by atoms with Crippen LogP contribution in [0.15, 0.2) is 194 Å². The first kappa shape index (κ1) is 28.5. The van der Waals surface area contributed by atoms with Crippen LogP contribution < -0.4 is 0 Å². The summed E-state index contributed by atoms with van der Waals surface area (Å²) in [4.78, 5) is 0. The van der Waals surface area contributed by atoms with E-state index in [4.69, 9.17) is 0 Å². The number of hydrogen-bond donors (Lipinski definition) is 0. The van der Waals surface area contributed by atoms with E-state index in [0.717, 1.165) is 0 Å². The average molecular weight is 633 g/mol. The maximum absolute atomic E-state index is 2.34. The molecule has 0 aromatic heterocycles. The van der Waals surface area contributed by atoms with Crippen molar-refractivity contribution in [3.05, 3.63) is 194 Å². The van der Waals surface area contributed by atoms with Gasteiger partial charge >= 0.3 is 0 Å². The van der Waals surface area contributed by atoms with Gasteiger partial charge in [-0.2, -0.15) is 0 Å². The van der Waals surface area contributed by atoms with Crippen LogP contribution in [-0.4, -0.2) is 0 Å². The van der Waals surface area contributed by atoms with E-state index in [1.807, 2.05) is 0 Å². The Labute approximate surface area is 291 Å². The first-order valence-corrected chi connectivity index (χ1v) is 17.3. The Kier molecular flexibility index (Phi) is 6.60. The van der Waals surface area contributed by atoms with E-state index in [1.54, 1.807) is 0 Å².